The molecule has 1 aliphatic rings. The van der Waals surface area contributed by atoms with Crippen molar-refractivity contribution in [2.24, 2.45) is 0 Å². The second-order valence-electron chi connectivity index (χ2n) is 4.48. The molecule has 98 valence electrons. The van der Waals surface area contributed by atoms with Gasteiger partial charge in [-0.25, -0.2) is 0 Å². The average molecular weight is 271 g/mol. The first-order chi connectivity index (χ1) is 8.58. The summed E-state index contributed by atoms with van der Waals surface area (Å²) in [6.07, 6.45) is 4.17. The van der Waals surface area contributed by atoms with E-state index in [1.54, 1.807) is 17.2 Å². The summed E-state index contributed by atoms with van der Waals surface area (Å²) in [6, 6.07) is 1.35. The van der Waals surface area contributed by atoms with Crippen LogP contribution in [-0.2, 0) is 4.79 Å². The number of halogens is 1. The minimum atomic E-state index is -0.871. The van der Waals surface area contributed by atoms with Gasteiger partial charge in [-0.15, -0.1) is 0 Å². The van der Waals surface area contributed by atoms with E-state index in [9.17, 15) is 9.59 Å². The number of H-pyrrole nitrogens is 1. The van der Waals surface area contributed by atoms with Crippen LogP contribution in [0.5, 0.6) is 0 Å². The molecule has 18 heavy (non-hydrogen) atoms. The Hall–Kier alpha value is -1.49. The smallest absolute Gasteiger partial charge is 0.305 e. The van der Waals surface area contributed by atoms with Crippen molar-refractivity contribution < 1.29 is 14.7 Å². The molecule has 1 fully saturated rings. The van der Waals surface area contributed by atoms with Gasteiger partial charge in [0.25, 0.3) is 5.91 Å². The fraction of sp³-hybridized carbons (Fsp3) is 0.500. The van der Waals surface area contributed by atoms with Crippen molar-refractivity contribution in [3.05, 3.63) is 23.0 Å². The molecule has 6 heteroatoms. The van der Waals surface area contributed by atoms with E-state index in [1.807, 2.05) is 0 Å². The van der Waals surface area contributed by atoms with Gasteiger partial charge in [0.05, 0.1) is 11.4 Å². The molecule has 1 unspecified atom stereocenters. The monoisotopic (exact) mass is 270 g/mol. The molecule has 2 heterocycles. The summed E-state index contributed by atoms with van der Waals surface area (Å²) in [5.74, 6) is -1.04. The molecule has 0 saturated carbocycles. The van der Waals surface area contributed by atoms with Gasteiger partial charge in [0.2, 0.25) is 0 Å². The summed E-state index contributed by atoms with van der Waals surface area (Å²) in [5, 5.41) is 9.35. The van der Waals surface area contributed by atoms with Crippen LogP contribution in [0.25, 0.3) is 0 Å². The predicted molar refractivity (Wildman–Crippen MR) is 66.7 cm³/mol. The molecule has 2 rings (SSSR count). The summed E-state index contributed by atoms with van der Waals surface area (Å²) in [4.78, 5) is 27.5. The normalized spacial score (nSPS) is 19.8. The van der Waals surface area contributed by atoms with Gasteiger partial charge in [-0.2, -0.15) is 0 Å². The third-order valence-electron chi connectivity index (χ3n) is 3.18. The van der Waals surface area contributed by atoms with E-state index < -0.39 is 5.97 Å². The largest absolute Gasteiger partial charge is 0.481 e. The number of amides is 1. The number of aromatic nitrogens is 1. The van der Waals surface area contributed by atoms with Crippen LogP contribution in [0.4, 0.5) is 0 Å². The Labute approximate surface area is 110 Å². The molecule has 0 aromatic carbocycles. The van der Waals surface area contributed by atoms with Gasteiger partial charge in [-0.3, -0.25) is 9.59 Å². The lowest BCUT2D eigenvalue weighted by atomic mass is 9.99. The third-order valence-corrected chi connectivity index (χ3v) is 3.39. The van der Waals surface area contributed by atoms with Crippen LogP contribution < -0.4 is 0 Å². The van der Waals surface area contributed by atoms with Crippen LogP contribution in [0.2, 0.25) is 5.02 Å². The number of carboxylic acid groups (broad SMARTS) is 1. The van der Waals surface area contributed by atoms with Gasteiger partial charge in [0.15, 0.2) is 0 Å². The second kappa shape index (κ2) is 5.44. The average Bonchev–Trinajstić information content (AvgIpc) is 2.75. The summed E-state index contributed by atoms with van der Waals surface area (Å²) in [7, 11) is 0. The van der Waals surface area contributed by atoms with Crippen LogP contribution in [0, 0.1) is 0 Å². The maximum Gasteiger partial charge on any atom is 0.305 e. The molecule has 1 aliphatic heterocycles. The Morgan fingerprint density at radius 3 is 2.89 bits per heavy atom. The van der Waals surface area contributed by atoms with E-state index in [2.05, 4.69) is 4.98 Å². The maximum atomic E-state index is 12.2. The molecular weight excluding hydrogens is 256 g/mol. The first kappa shape index (κ1) is 13.0. The van der Waals surface area contributed by atoms with Crippen molar-refractivity contribution in [2.75, 3.05) is 6.54 Å². The Morgan fingerprint density at radius 1 is 1.50 bits per heavy atom. The van der Waals surface area contributed by atoms with Crippen LogP contribution in [-0.4, -0.2) is 39.5 Å². The number of hydrogen-bond donors (Lipinski definition) is 2. The number of carbonyl (C=O) groups is 2. The molecule has 0 radical (unpaired) electrons. The minimum absolute atomic E-state index is 0.000179. The lowest BCUT2D eigenvalue weighted by molar-refractivity contribution is -0.138. The van der Waals surface area contributed by atoms with E-state index in [4.69, 9.17) is 16.7 Å². The summed E-state index contributed by atoms with van der Waals surface area (Å²) in [6.45, 7) is 0.605. The Morgan fingerprint density at radius 2 is 2.28 bits per heavy atom. The second-order valence-corrected chi connectivity index (χ2v) is 4.91. The van der Waals surface area contributed by atoms with E-state index in [0.29, 0.717) is 17.3 Å². The van der Waals surface area contributed by atoms with Gasteiger partial charge < -0.3 is 15.0 Å². The first-order valence-electron chi connectivity index (χ1n) is 5.94. The number of likely N-dealkylation sites (tertiary alicyclic amines) is 1. The highest BCUT2D eigenvalue weighted by Crippen LogP contribution is 2.22. The van der Waals surface area contributed by atoms with E-state index >= 15 is 0 Å². The van der Waals surface area contributed by atoms with Crippen molar-refractivity contribution in [3.8, 4) is 0 Å². The highest BCUT2D eigenvalue weighted by molar-refractivity contribution is 6.30. The van der Waals surface area contributed by atoms with Gasteiger partial charge in [-0.05, 0) is 25.3 Å². The standard InChI is InChI=1S/C12H15ClN2O3/c13-8-5-10(14-7-8)12(18)15-4-2-1-3-9(15)6-11(16)17/h5,7,9,14H,1-4,6H2,(H,16,17). The van der Waals surface area contributed by atoms with Crippen molar-refractivity contribution in [2.45, 2.75) is 31.7 Å². The molecule has 1 atom stereocenters. The third kappa shape index (κ3) is 2.85. The molecule has 0 bridgehead atoms. The van der Waals surface area contributed by atoms with Crippen LogP contribution in [0.15, 0.2) is 12.3 Å². The Kier molecular flexibility index (Phi) is 3.91. The summed E-state index contributed by atoms with van der Waals surface area (Å²) in [5.41, 5.74) is 0.414. The molecule has 0 aliphatic carbocycles. The van der Waals surface area contributed by atoms with Crippen LogP contribution in [0.1, 0.15) is 36.2 Å². The number of nitrogens with one attached hydrogen (secondary N) is 1. The Bertz CT molecular complexity index is 458. The quantitative estimate of drug-likeness (QED) is 0.884. The molecule has 1 aromatic rings. The van der Waals surface area contributed by atoms with E-state index in [-0.39, 0.29) is 18.4 Å². The SMILES string of the molecule is O=C(O)CC1CCCCN1C(=O)c1cc(Cl)c[nH]1. The number of aliphatic carboxylic acids is 1. The fourth-order valence-electron chi connectivity index (χ4n) is 2.33. The number of aromatic amines is 1. The number of carbonyl (C=O) groups excluding carboxylic acids is 1. The highest BCUT2D eigenvalue weighted by atomic mass is 35.5. The van der Waals surface area contributed by atoms with E-state index in [1.165, 1.54) is 0 Å². The first-order valence-corrected chi connectivity index (χ1v) is 6.32. The summed E-state index contributed by atoms with van der Waals surface area (Å²) >= 11 is 5.77. The number of rotatable bonds is 3. The number of carboxylic acids is 1. The summed E-state index contributed by atoms with van der Waals surface area (Å²) < 4.78 is 0. The lowest BCUT2D eigenvalue weighted by Gasteiger charge is -2.34. The van der Waals surface area contributed by atoms with E-state index in [0.717, 1.165) is 19.3 Å². The van der Waals surface area contributed by atoms with Crippen LogP contribution in [0.3, 0.4) is 0 Å². The Balaban J connectivity index is 2.13. The van der Waals surface area contributed by atoms with Gasteiger partial charge in [0, 0.05) is 18.8 Å². The molecule has 2 N–H and O–H groups in total. The zero-order chi connectivity index (χ0) is 13.1. The number of nitrogens with zero attached hydrogens (tertiary/aromatic N) is 1. The highest BCUT2D eigenvalue weighted by Gasteiger charge is 2.29. The topological polar surface area (TPSA) is 73.4 Å². The van der Waals surface area contributed by atoms with Crippen molar-refractivity contribution >= 4 is 23.5 Å². The molecule has 1 aromatic heterocycles. The van der Waals surface area contributed by atoms with Gasteiger partial charge >= 0.3 is 5.97 Å². The zero-order valence-electron chi connectivity index (χ0n) is 9.86. The predicted octanol–water partition coefficient (Wildman–Crippen LogP) is 2.14. The molecule has 1 saturated heterocycles. The van der Waals surface area contributed by atoms with Crippen molar-refractivity contribution in [3.63, 3.8) is 0 Å². The lowest BCUT2D eigenvalue weighted by Crippen LogP contribution is -2.44. The molecular formula is C12H15ClN2O3. The maximum absolute atomic E-state index is 12.2. The molecule has 5 nitrogen and oxygen atoms in total. The van der Waals surface area contributed by atoms with Gasteiger partial charge in [0.1, 0.15) is 5.69 Å². The molecule has 1 amide bonds. The fourth-order valence-corrected chi connectivity index (χ4v) is 2.49. The van der Waals surface area contributed by atoms with Crippen LogP contribution >= 0.6 is 11.6 Å². The van der Waals surface area contributed by atoms with Crippen molar-refractivity contribution in [1.82, 2.24) is 9.88 Å². The molecule has 0 spiro atoms. The van der Waals surface area contributed by atoms with Gasteiger partial charge in [-0.1, -0.05) is 11.6 Å². The van der Waals surface area contributed by atoms with Crippen molar-refractivity contribution in [1.29, 1.82) is 0 Å². The minimum Gasteiger partial charge on any atom is -0.481 e. The zero-order valence-corrected chi connectivity index (χ0v) is 10.6. The number of hydrogen-bond acceptors (Lipinski definition) is 2. The number of piperidine rings is 1.